The number of rotatable bonds is 6. The summed E-state index contributed by atoms with van der Waals surface area (Å²) in [6.07, 6.45) is 3.83. The highest BCUT2D eigenvalue weighted by molar-refractivity contribution is 5.89. The van der Waals surface area contributed by atoms with Gasteiger partial charge in [-0.3, -0.25) is 0 Å². The topological polar surface area (TPSA) is 87.1 Å². The molecule has 0 saturated carbocycles. The molecule has 0 radical (unpaired) electrons. The Morgan fingerprint density at radius 2 is 1.45 bits per heavy atom. The molecule has 6 heteroatoms. The third kappa shape index (κ3) is 8.29. The van der Waals surface area contributed by atoms with Gasteiger partial charge in [0.1, 0.15) is 6.10 Å². The fourth-order valence-corrected chi connectivity index (χ4v) is 3.17. The Balaban J connectivity index is 0.000000321. The van der Waals surface area contributed by atoms with Gasteiger partial charge in [0.05, 0.1) is 6.10 Å². The molecule has 1 atom stereocenters. The Kier molecular flexibility index (Phi) is 9.08. The van der Waals surface area contributed by atoms with E-state index in [0.29, 0.717) is 18.3 Å². The van der Waals surface area contributed by atoms with Crippen molar-refractivity contribution in [2.45, 2.75) is 25.0 Å². The van der Waals surface area contributed by atoms with E-state index in [1.807, 2.05) is 0 Å². The van der Waals surface area contributed by atoms with Gasteiger partial charge in [-0.1, -0.05) is 60.7 Å². The van der Waals surface area contributed by atoms with Crippen molar-refractivity contribution in [3.63, 3.8) is 0 Å². The first-order valence-corrected chi connectivity index (χ1v) is 9.53. The zero-order valence-electron chi connectivity index (χ0n) is 16.5. The highest BCUT2D eigenvalue weighted by atomic mass is 16.5. The molecule has 2 N–H and O–H groups in total. The summed E-state index contributed by atoms with van der Waals surface area (Å²) in [4.78, 5) is 21.5. The molecule has 1 unspecified atom stereocenters. The normalized spacial score (nSPS) is 17.0. The summed E-state index contributed by atoms with van der Waals surface area (Å²) in [7, 11) is 2.18. The molecule has 3 rings (SSSR count). The minimum atomic E-state index is -1.26. The molecule has 1 saturated heterocycles. The van der Waals surface area contributed by atoms with Crippen LogP contribution in [0.5, 0.6) is 0 Å². The number of likely N-dealkylation sites (tertiary alicyclic amines) is 1. The van der Waals surface area contributed by atoms with Crippen LogP contribution in [0.2, 0.25) is 0 Å². The monoisotopic (exact) mass is 397 g/mol. The number of carboxylic acid groups (broad SMARTS) is 2. The molecular weight excluding hydrogens is 370 g/mol. The number of benzene rings is 2. The van der Waals surface area contributed by atoms with Gasteiger partial charge in [0.15, 0.2) is 0 Å². The van der Waals surface area contributed by atoms with Crippen LogP contribution in [-0.4, -0.2) is 53.3 Å². The van der Waals surface area contributed by atoms with E-state index in [1.54, 1.807) is 0 Å². The Hall–Kier alpha value is -2.96. The second-order valence-electron chi connectivity index (χ2n) is 6.87. The van der Waals surface area contributed by atoms with Gasteiger partial charge in [-0.25, -0.2) is 9.59 Å². The number of hydrogen-bond donors (Lipinski definition) is 2. The largest absolute Gasteiger partial charge is 0.478 e. The second kappa shape index (κ2) is 11.8. The molecule has 1 heterocycles. The van der Waals surface area contributed by atoms with E-state index >= 15 is 0 Å². The van der Waals surface area contributed by atoms with Crippen LogP contribution < -0.4 is 0 Å². The van der Waals surface area contributed by atoms with Crippen LogP contribution in [0.25, 0.3) is 0 Å². The van der Waals surface area contributed by atoms with Gasteiger partial charge in [-0.15, -0.1) is 0 Å². The minimum Gasteiger partial charge on any atom is -0.478 e. The van der Waals surface area contributed by atoms with Gasteiger partial charge < -0.3 is 19.8 Å². The van der Waals surface area contributed by atoms with Crippen LogP contribution in [0, 0.1) is 0 Å². The number of nitrogens with zero attached hydrogens (tertiary/aromatic N) is 1. The first kappa shape index (κ1) is 22.3. The molecule has 2 aromatic carbocycles. The van der Waals surface area contributed by atoms with E-state index in [4.69, 9.17) is 14.9 Å². The number of aliphatic carboxylic acids is 2. The molecule has 0 bridgehead atoms. The number of hydrogen-bond acceptors (Lipinski definition) is 4. The molecule has 29 heavy (non-hydrogen) atoms. The van der Waals surface area contributed by atoms with E-state index < -0.39 is 11.9 Å². The molecule has 1 fully saturated rings. The first-order chi connectivity index (χ1) is 14.0. The Bertz CT molecular complexity index is 736. The predicted octanol–water partition coefficient (Wildman–Crippen LogP) is 3.60. The SMILES string of the molecule is CN1CCCC(OC(c2ccccc2)c2ccccc2)C1.O=C(O)/C=C/C(=O)O. The van der Waals surface area contributed by atoms with E-state index in [1.165, 1.54) is 24.1 Å². The zero-order valence-corrected chi connectivity index (χ0v) is 16.5. The Morgan fingerprint density at radius 1 is 0.966 bits per heavy atom. The molecule has 1 aliphatic rings. The number of ether oxygens (including phenoxy) is 1. The number of carboxylic acids is 2. The Labute approximate surface area is 171 Å². The maximum atomic E-state index is 9.55. The van der Waals surface area contributed by atoms with Crippen molar-refractivity contribution in [2.24, 2.45) is 0 Å². The van der Waals surface area contributed by atoms with Gasteiger partial charge in [0, 0.05) is 18.7 Å². The average Bonchev–Trinajstić information content (AvgIpc) is 2.72. The summed E-state index contributed by atoms with van der Waals surface area (Å²) >= 11 is 0. The first-order valence-electron chi connectivity index (χ1n) is 9.53. The van der Waals surface area contributed by atoms with Crippen molar-refractivity contribution in [1.29, 1.82) is 0 Å². The molecule has 6 nitrogen and oxygen atoms in total. The van der Waals surface area contributed by atoms with Gasteiger partial charge in [0.25, 0.3) is 0 Å². The predicted molar refractivity (Wildman–Crippen MR) is 111 cm³/mol. The van der Waals surface area contributed by atoms with Crippen LogP contribution in [0.15, 0.2) is 72.8 Å². The van der Waals surface area contributed by atoms with E-state index in [9.17, 15) is 9.59 Å². The van der Waals surface area contributed by atoms with E-state index in [2.05, 4.69) is 72.6 Å². The van der Waals surface area contributed by atoms with Gasteiger partial charge in [0.2, 0.25) is 0 Å². The lowest BCUT2D eigenvalue weighted by Gasteiger charge is -2.33. The van der Waals surface area contributed by atoms with E-state index in [0.717, 1.165) is 13.0 Å². The van der Waals surface area contributed by atoms with Gasteiger partial charge in [-0.05, 0) is 37.6 Å². The van der Waals surface area contributed by atoms with Crippen LogP contribution in [0.3, 0.4) is 0 Å². The molecule has 0 spiro atoms. The summed E-state index contributed by atoms with van der Waals surface area (Å²) in [5, 5.41) is 15.6. The van der Waals surface area contributed by atoms with Crippen molar-refractivity contribution in [3.8, 4) is 0 Å². The standard InChI is InChI=1S/C19H23NO.C4H4O4/c1-20-14-8-13-18(15-20)21-19(16-9-4-2-5-10-16)17-11-6-3-7-12-17;5-3(6)1-2-4(7)8/h2-7,9-12,18-19H,8,13-15H2,1H3;1-2H,(H,5,6)(H,7,8)/b;2-1+. The lowest BCUT2D eigenvalue weighted by Crippen LogP contribution is -2.37. The van der Waals surface area contributed by atoms with Gasteiger partial charge >= 0.3 is 11.9 Å². The Morgan fingerprint density at radius 3 is 1.86 bits per heavy atom. The van der Waals surface area contributed by atoms with Crippen LogP contribution in [0.1, 0.15) is 30.1 Å². The van der Waals surface area contributed by atoms with Crippen molar-refractivity contribution in [2.75, 3.05) is 20.1 Å². The third-order valence-corrected chi connectivity index (χ3v) is 4.48. The summed E-state index contributed by atoms with van der Waals surface area (Å²) in [6.45, 7) is 2.21. The fourth-order valence-electron chi connectivity index (χ4n) is 3.17. The molecule has 0 aromatic heterocycles. The summed E-state index contributed by atoms with van der Waals surface area (Å²) in [5.41, 5.74) is 2.47. The molecule has 154 valence electrons. The molecular formula is C23H27NO5. The third-order valence-electron chi connectivity index (χ3n) is 4.48. The van der Waals surface area contributed by atoms with Crippen molar-refractivity contribution in [3.05, 3.63) is 83.9 Å². The second-order valence-corrected chi connectivity index (χ2v) is 6.87. The molecule has 0 aliphatic carbocycles. The highest BCUT2D eigenvalue weighted by Gasteiger charge is 2.23. The number of carbonyl (C=O) groups is 2. The van der Waals surface area contributed by atoms with Crippen molar-refractivity contribution in [1.82, 2.24) is 4.90 Å². The maximum Gasteiger partial charge on any atom is 0.328 e. The summed E-state index contributed by atoms with van der Waals surface area (Å²) < 4.78 is 6.49. The summed E-state index contributed by atoms with van der Waals surface area (Å²) in [6, 6.07) is 21.1. The van der Waals surface area contributed by atoms with Crippen LogP contribution >= 0.6 is 0 Å². The molecule has 2 aromatic rings. The highest BCUT2D eigenvalue weighted by Crippen LogP contribution is 2.29. The quantitative estimate of drug-likeness (QED) is 0.725. The zero-order chi connectivity index (χ0) is 21.1. The van der Waals surface area contributed by atoms with Crippen molar-refractivity contribution >= 4 is 11.9 Å². The summed E-state index contributed by atoms with van der Waals surface area (Å²) in [5.74, 6) is -2.51. The average molecular weight is 397 g/mol. The lowest BCUT2D eigenvalue weighted by molar-refractivity contribution is -0.134. The fraction of sp³-hybridized carbons (Fsp3) is 0.304. The van der Waals surface area contributed by atoms with Crippen LogP contribution in [-0.2, 0) is 14.3 Å². The minimum absolute atomic E-state index is 0.0314. The van der Waals surface area contributed by atoms with E-state index in [-0.39, 0.29) is 6.10 Å². The molecule has 0 amide bonds. The van der Waals surface area contributed by atoms with Crippen molar-refractivity contribution < 1.29 is 24.5 Å². The lowest BCUT2D eigenvalue weighted by atomic mass is 10.0. The number of piperidine rings is 1. The van der Waals surface area contributed by atoms with Crippen LogP contribution in [0.4, 0.5) is 0 Å². The smallest absolute Gasteiger partial charge is 0.328 e. The maximum absolute atomic E-state index is 9.55. The molecule has 1 aliphatic heterocycles. The number of likely N-dealkylation sites (N-methyl/N-ethyl adjacent to an activating group) is 1. The van der Waals surface area contributed by atoms with Gasteiger partial charge in [-0.2, -0.15) is 0 Å².